The minimum Gasteiger partial charge on any atom is -0.340 e. The zero-order chi connectivity index (χ0) is 13.8. The molecule has 20 heavy (non-hydrogen) atoms. The molecule has 0 unspecified atom stereocenters. The minimum absolute atomic E-state index is 0.405. The Bertz CT molecular complexity index is 316. The number of carbonyl (C=O) groups excluding carboxylic acids is 1. The number of carbonyl (C=O) groups is 1. The van der Waals surface area contributed by atoms with E-state index in [1.165, 1.54) is 32.1 Å². The highest BCUT2D eigenvalue weighted by atomic mass is 16.2. The van der Waals surface area contributed by atoms with Gasteiger partial charge >= 0.3 is 0 Å². The molecule has 0 atom stereocenters. The summed E-state index contributed by atoms with van der Waals surface area (Å²) in [5.74, 6) is 1.23. The summed E-state index contributed by atoms with van der Waals surface area (Å²) in [6.07, 6.45) is 8.80. The normalized spacial score (nSPS) is 26.5. The van der Waals surface area contributed by atoms with Crippen LogP contribution in [0.1, 0.15) is 44.9 Å². The molecule has 0 bridgehead atoms. The van der Waals surface area contributed by atoms with Gasteiger partial charge in [0.25, 0.3) is 0 Å². The van der Waals surface area contributed by atoms with E-state index in [0.717, 1.165) is 64.1 Å². The summed E-state index contributed by atoms with van der Waals surface area (Å²) >= 11 is 0. The van der Waals surface area contributed by atoms with Crippen LogP contribution in [0.2, 0.25) is 0 Å². The van der Waals surface area contributed by atoms with Crippen LogP contribution >= 0.6 is 0 Å². The fourth-order valence-electron chi connectivity index (χ4n) is 3.83. The van der Waals surface area contributed by atoms with Gasteiger partial charge in [-0.05, 0) is 12.3 Å². The fraction of sp³-hybridized carbons (Fsp3) is 0.938. The zero-order valence-electron chi connectivity index (χ0n) is 12.6. The van der Waals surface area contributed by atoms with E-state index in [1.54, 1.807) is 0 Å². The molecular weight excluding hydrogens is 250 g/mol. The van der Waals surface area contributed by atoms with Crippen molar-refractivity contribution in [3.63, 3.8) is 0 Å². The SMILES string of the molecule is O=C(CCC1CCCCC1)N1CCN(C2CNC2)CC1. The van der Waals surface area contributed by atoms with Crippen LogP contribution in [-0.2, 0) is 4.79 Å². The number of nitrogens with one attached hydrogen (secondary N) is 1. The van der Waals surface area contributed by atoms with Crippen molar-refractivity contribution in [3.05, 3.63) is 0 Å². The van der Waals surface area contributed by atoms with E-state index in [0.29, 0.717) is 5.91 Å². The Morgan fingerprint density at radius 1 is 1.00 bits per heavy atom. The van der Waals surface area contributed by atoms with Crippen molar-refractivity contribution in [1.82, 2.24) is 15.1 Å². The summed E-state index contributed by atoms with van der Waals surface area (Å²) < 4.78 is 0. The second kappa shape index (κ2) is 6.90. The first-order chi connectivity index (χ1) is 9.83. The van der Waals surface area contributed by atoms with Crippen LogP contribution in [0.3, 0.4) is 0 Å². The molecular formula is C16H29N3O. The topological polar surface area (TPSA) is 35.6 Å². The summed E-state index contributed by atoms with van der Waals surface area (Å²) in [5.41, 5.74) is 0. The quantitative estimate of drug-likeness (QED) is 0.846. The second-order valence-electron chi connectivity index (χ2n) is 6.77. The molecule has 3 rings (SSSR count). The van der Waals surface area contributed by atoms with E-state index >= 15 is 0 Å². The lowest BCUT2D eigenvalue weighted by Crippen LogP contribution is -2.62. The van der Waals surface area contributed by atoms with Crippen molar-refractivity contribution >= 4 is 5.91 Å². The largest absolute Gasteiger partial charge is 0.340 e. The van der Waals surface area contributed by atoms with E-state index in [-0.39, 0.29) is 0 Å². The van der Waals surface area contributed by atoms with Crippen molar-refractivity contribution in [1.29, 1.82) is 0 Å². The Morgan fingerprint density at radius 3 is 2.30 bits per heavy atom. The lowest BCUT2D eigenvalue weighted by atomic mass is 9.86. The van der Waals surface area contributed by atoms with E-state index in [1.807, 2.05) is 0 Å². The van der Waals surface area contributed by atoms with Crippen LogP contribution in [0.5, 0.6) is 0 Å². The predicted octanol–water partition coefficient (Wildman–Crippen LogP) is 1.46. The molecule has 3 fully saturated rings. The third-order valence-corrected chi connectivity index (χ3v) is 5.43. The maximum atomic E-state index is 12.3. The van der Waals surface area contributed by atoms with Gasteiger partial charge in [-0.15, -0.1) is 0 Å². The molecule has 1 N–H and O–H groups in total. The smallest absolute Gasteiger partial charge is 0.222 e. The van der Waals surface area contributed by atoms with Crippen LogP contribution in [0.15, 0.2) is 0 Å². The fourth-order valence-corrected chi connectivity index (χ4v) is 3.83. The summed E-state index contributed by atoms with van der Waals surface area (Å²) in [5, 5.41) is 3.33. The molecule has 0 radical (unpaired) electrons. The molecule has 1 amide bonds. The first-order valence-electron chi connectivity index (χ1n) is 8.55. The van der Waals surface area contributed by atoms with Gasteiger partial charge in [0.15, 0.2) is 0 Å². The van der Waals surface area contributed by atoms with Gasteiger partial charge in [-0.3, -0.25) is 9.69 Å². The lowest BCUT2D eigenvalue weighted by molar-refractivity contribution is -0.133. The van der Waals surface area contributed by atoms with Gasteiger partial charge in [-0.25, -0.2) is 0 Å². The monoisotopic (exact) mass is 279 g/mol. The van der Waals surface area contributed by atoms with Crippen LogP contribution in [0.25, 0.3) is 0 Å². The Kier molecular flexibility index (Phi) is 4.94. The Labute approximate surface area is 122 Å². The number of hydrogen-bond donors (Lipinski definition) is 1. The van der Waals surface area contributed by atoms with Gasteiger partial charge in [0.2, 0.25) is 5.91 Å². The molecule has 2 aliphatic heterocycles. The van der Waals surface area contributed by atoms with Crippen LogP contribution in [-0.4, -0.2) is 61.0 Å². The van der Waals surface area contributed by atoms with Crippen molar-refractivity contribution in [2.45, 2.75) is 51.0 Å². The average molecular weight is 279 g/mol. The molecule has 0 aromatic rings. The van der Waals surface area contributed by atoms with Crippen LogP contribution < -0.4 is 5.32 Å². The third-order valence-electron chi connectivity index (χ3n) is 5.43. The van der Waals surface area contributed by atoms with Gasteiger partial charge in [0.05, 0.1) is 0 Å². The molecule has 2 heterocycles. The highest BCUT2D eigenvalue weighted by Crippen LogP contribution is 2.27. The van der Waals surface area contributed by atoms with Crippen LogP contribution in [0, 0.1) is 5.92 Å². The third kappa shape index (κ3) is 3.53. The van der Waals surface area contributed by atoms with Gasteiger partial charge in [-0.2, -0.15) is 0 Å². The van der Waals surface area contributed by atoms with E-state index in [4.69, 9.17) is 0 Å². The van der Waals surface area contributed by atoms with Crippen molar-refractivity contribution < 1.29 is 4.79 Å². The molecule has 1 aliphatic carbocycles. The van der Waals surface area contributed by atoms with Gasteiger partial charge < -0.3 is 10.2 Å². The number of nitrogens with zero attached hydrogens (tertiary/aromatic N) is 2. The van der Waals surface area contributed by atoms with Gasteiger partial charge in [-0.1, -0.05) is 32.1 Å². The highest BCUT2D eigenvalue weighted by molar-refractivity contribution is 5.76. The maximum Gasteiger partial charge on any atom is 0.222 e. The van der Waals surface area contributed by atoms with Crippen LogP contribution in [0.4, 0.5) is 0 Å². The highest BCUT2D eigenvalue weighted by Gasteiger charge is 2.29. The molecule has 114 valence electrons. The van der Waals surface area contributed by atoms with Crippen molar-refractivity contribution in [3.8, 4) is 0 Å². The van der Waals surface area contributed by atoms with Crippen molar-refractivity contribution in [2.75, 3.05) is 39.3 Å². The number of hydrogen-bond acceptors (Lipinski definition) is 3. The van der Waals surface area contributed by atoms with E-state index in [2.05, 4.69) is 15.1 Å². The number of amides is 1. The summed E-state index contributed by atoms with van der Waals surface area (Å²) in [6.45, 7) is 6.30. The Morgan fingerprint density at radius 2 is 1.70 bits per heavy atom. The molecule has 4 nitrogen and oxygen atoms in total. The predicted molar refractivity (Wildman–Crippen MR) is 80.6 cm³/mol. The van der Waals surface area contributed by atoms with Gasteiger partial charge in [0.1, 0.15) is 0 Å². The molecule has 0 aromatic heterocycles. The molecule has 2 saturated heterocycles. The van der Waals surface area contributed by atoms with Gasteiger partial charge in [0, 0.05) is 51.7 Å². The summed E-state index contributed by atoms with van der Waals surface area (Å²) in [7, 11) is 0. The average Bonchev–Trinajstić information content (AvgIpc) is 2.45. The Balaban J connectivity index is 1.35. The summed E-state index contributed by atoms with van der Waals surface area (Å²) in [6, 6.07) is 0.731. The van der Waals surface area contributed by atoms with E-state index in [9.17, 15) is 4.79 Å². The zero-order valence-corrected chi connectivity index (χ0v) is 12.6. The number of rotatable bonds is 4. The Hall–Kier alpha value is -0.610. The molecule has 0 aromatic carbocycles. The molecule has 3 aliphatic rings. The molecule has 4 heteroatoms. The second-order valence-corrected chi connectivity index (χ2v) is 6.77. The standard InChI is InChI=1S/C16H29N3O/c20-16(7-6-14-4-2-1-3-5-14)19-10-8-18(9-11-19)15-12-17-13-15/h14-15,17H,1-13H2. The first kappa shape index (κ1) is 14.3. The lowest BCUT2D eigenvalue weighted by Gasteiger charge is -2.43. The summed E-state index contributed by atoms with van der Waals surface area (Å²) in [4.78, 5) is 16.9. The number of piperazine rings is 1. The first-order valence-corrected chi connectivity index (χ1v) is 8.55. The maximum absolute atomic E-state index is 12.3. The van der Waals surface area contributed by atoms with E-state index < -0.39 is 0 Å². The van der Waals surface area contributed by atoms with Crippen molar-refractivity contribution in [2.24, 2.45) is 5.92 Å². The molecule has 0 spiro atoms. The molecule has 1 saturated carbocycles. The minimum atomic E-state index is 0.405.